The number of fused-ring (bicyclic) bond motifs is 1. The lowest BCUT2D eigenvalue weighted by atomic mass is 10.1. The van der Waals surface area contributed by atoms with Crippen molar-refractivity contribution in [2.45, 2.75) is 24.8 Å². The standard InChI is InChI=1S/C13H13N3O2.ClH/c14-10-6-17-11-5-8(3-4-9(10)11)12-15-13(18-16-12)7-1-2-7;/h3-5,7,10H,1-2,6,14H2;1H/t10-;/m1./s1. The molecule has 1 fully saturated rings. The van der Waals surface area contributed by atoms with Crippen molar-refractivity contribution < 1.29 is 9.26 Å². The molecule has 0 amide bonds. The summed E-state index contributed by atoms with van der Waals surface area (Å²) < 4.78 is 10.8. The number of halogens is 1. The fourth-order valence-electron chi connectivity index (χ4n) is 2.22. The lowest BCUT2D eigenvalue weighted by molar-refractivity contribution is 0.333. The Morgan fingerprint density at radius 2 is 2.11 bits per heavy atom. The van der Waals surface area contributed by atoms with Crippen molar-refractivity contribution in [3.8, 4) is 17.1 Å². The van der Waals surface area contributed by atoms with Gasteiger partial charge in [-0.2, -0.15) is 4.98 Å². The van der Waals surface area contributed by atoms with E-state index in [4.69, 9.17) is 15.0 Å². The molecule has 2 aromatic rings. The number of hydrogen-bond donors (Lipinski definition) is 1. The number of rotatable bonds is 2. The van der Waals surface area contributed by atoms with Gasteiger partial charge >= 0.3 is 0 Å². The average Bonchev–Trinajstić information content (AvgIpc) is 3.01. The van der Waals surface area contributed by atoms with E-state index in [0.29, 0.717) is 18.3 Å². The summed E-state index contributed by atoms with van der Waals surface area (Å²) in [5.41, 5.74) is 7.87. The summed E-state index contributed by atoms with van der Waals surface area (Å²) in [6, 6.07) is 5.86. The molecule has 0 bridgehead atoms. The lowest BCUT2D eigenvalue weighted by Gasteiger charge is -2.01. The maximum absolute atomic E-state index is 5.91. The molecule has 0 saturated heterocycles. The summed E-state index contributed by atoms with van der Waals surface area (Å²) in [6.45, 7) is 0.540. The van der Waals surface area contributed by atoms with Crippen LogP contribution in [0.3, 0.4) is 0 Å². The zero-order valence-corrected chi connectivity index (χ0v) is 11.0. The first-order valence-corrected chi connectivity index (χ1v) is 6.17. The zero-order valence-electron chi connectivity index (χ0n) is 10.2. The first kappa shape index (κ1) is 12.4. The number of benzene rings is 1. The molecule has 100 valence electrons. The molecule has 6 heteroatoms. The van der Waals surface area contributed by atoms with Crippen LogP contribution in [0.1, 0.15) is 36.3 Å². The molecule has 4 rings (SSSR count). The number of nitrogens with two attached hydrogens (primary N) is 1. The molecule has 0 unspecified atom stereocenters. The highest BCUT2D eigenvalue weighted by molar-refractivity contribution is 5.85. The van der Waals surface area contributed by atoms with Gasteiger partial charge < -0.3 is 15.0 Å². The van der Waals surface area contributed by atoms with Gasteiger partial charge in [-0.1, -0.05) is 17.3 Å². The monoisotopic (exact) mass is 279 g/mol. The Hall–Kier alpha value is -1.59. The van der Waals surface area contributed by atoms with Crippen LogP contribution in [0.4, 0.5) is 0 Å². The van der Waals surface area contributed by atoms with E-state index < -0.39 is 0 Å². The zero-order chi connectivity index (χ0) is 12.1. The second kappa shape index (κ2) is 4.51. The Balaban J connectivity index is 0.00000110. The largest absolute Gasteiger partial charge is 0.491 e. The topological polar surface area (TPSA) is 74.2 Å². The van der Waals surface area contributed by atoms with Crippen molar-refractivity contribution >= 4 is 12.4 Å². The van der Waals surface area contributed by atoms with Crippen LogP contribution < -0.4 is 10.5 Å². The summed E-state index contributed by atoms with van der Waals surface area (Å²) in [5, 5.41) is 4.02. The second-order valence-electron chi connectivity index (χ2n) is 4.90. The van der Waals surface area contributed by atoms with Gasteiger partial charge in [0.2, 0.25) is 11.7 Å². The minimum Gasteiger partial charge on any atom is -0.491 e. The number of nitrogens with zero attached hydrogens (tertiary/aromatic N) is 2. The molecular weight excluding hydrogens is 266 g/mol. The first-order valence-electron chi connectivity index (χ1n) is 6.17. The van der Waals surface area contributed by atoms with Gasteiger partial charge in [0.15, 0.2) is 0 Å². The van der Waals surface area contributed by atoms with E-state index >= 15 is 0 Å². The lowest BCUT2D eigenvalue weighted by Crippen LogP contribution is -2.10. The molecule has 1 aliphatic carbocycles. The molecule has 2 aliphatic rings. The van der Waals surface area contributed by atoms with Crippen molar-refractivity contribution in [1.82, 2.24) is 10.1 Å². The van der Waals surface area contributed by atoms with Crippen LogP contribution in [0.5, 0.6) is 5.75 Å². The number of ether oxygens (including phenoxy) is 1. The predicted octanol–water partition coefficient (Wildman–Crippen LogP) is 2.43. The normalized spacial score (nSPS) is 20.6. The maximum Gasteiger partial charge on any atom is 0.230 e. The minimum absolute atomic E-state index is 0. The van der Waals surface area contributed by atoms with Gasteiger partial charge in [0.05, 0.1) is 6.04 Å². The van der Waals surface area contributed by atoms with E-state index in [0.717, 1.165) is 35.6 Å². The van der Waals surface area contributed by atoms with E-state index in [1.165, 1.54) is 0 Å². The second-order valence-corrected chi connectivity index (χ2v) is 4.90. The molecule has 1 atom stereocenters. The van der Waals surface area contributed by atoms with Gasteiger partial charge in [-0.25, -0.2) is 0 Å². The number of hydrogen-bond acceptors (Lipinski definition) is 5. The fraction of sp³-hybridized carbons (Fsp3) is 0.385. The van der Waals surface area contributed by atoms with E-state index in [2.05, 4.69) is 10.1 Å². The van der Waals surface area contributed by atoms with Crippen molar-refractivity contribution in [2.24, 2.45) is 5.73 Å². The summed E-state index contributed by atoms with van der Waals surface area (Å²) >= 11 is 0. The third-order valence-corrected chi connectivity index (χ3v) is 3.46. The fourth-order valence-corrected chi connectivity index (χ4v) is 2.22. The van der Waals surface area contributed by atoms with Crippen molar-refractivity contribution in [2.75, 3.05) is 6.61 Å². The van der Waals surface area contributed by atoms with Gasteiger partial charge in [-0.05, 0) is 18.9 Å². The summed E-state index contributed by atoms with van der Waals surface area (Å²) in [5.74, 6) is 2.69. The van der Waals surface area contributed by atoms with Gasteiger partial charge in [0.1, 0.15) is 12.4 Å². The third-order valence-electron chi connectivity index (χ3n) is 3.46. The molecule has 0 spiro atoms. The molecule has 5 nitrogen and oxygen atoms in total. The Bertz CT molecular complexity index is 610. The van der Waals surface area contributed by atoms with Gasteiger partial charge in [-0.3, -0.25) is 0 Å². The molecule has 1 aromatic heterocycles. The van der Waals surface area contributed by atoms with Gasteiger partial charge in [-0.15, -0.1) is 12.4 Å². The van der Waals surface area contributed by atoms with Crippen LogP contribution in [0.25, 0.3) is 11.4 Å². The van der Waals surface area contributed by atoms with Crippen LogP contribution in [0.15, 0.2) is 22.7 Å². The van der Waals surface area contributed by atoms with Crippen molar-refractivity contribution in [3.63, 3.8) is 0 Å². The van der Waals surface area contributed by atoms with Crippen molar-refractivity contribution in [3.05, 3.63) is 29.7 Å². The molecule has 1 saturated carbocycles. The summed E-state index contributed by atoms with van der Waals surface area (Å²) in [4.78, 5) is 4.42. The Morgan fingerprint density at radius 3 is 2.89 bits per heavy atom. The third kappa shape index (κ3) is 2.09. The van der Waals surface area contributed by atoms with Gasteiger partial charge in [0, 0.05) is 17.0 Å². The Morgan fingerprint density at radius 1 is 1.26 bits per heavy atom. The van der Waals surface area contributed by atoms with Gasteiger partial charge in [0.25, 0.3) is 0 Å². The van der Waals surface area contributed by atoms with Crippen LogP contribution in [-0.4, -0.2) is 16.7 Å². The summed E-state index contributed by atoms with van der Waals surface area (Å²) in [7, 11) is 0. The average molecular weight is 280 g/mol. The molecule has 1 aliphatic heterocycles. The molecule has 2 N–H and O–H groups in total. The summed E-state index contributed by atoms with van der Waals surface area (Å²) in [6.07, 6.45) is 2.31. The van der Waals surface area contributed by atoms with E-state index in [1.54, 1.807) is 0 Å². The highest BCUT2D eigenvalue weighted by Crippen LogP contribution is 2.40. The highest BCUT2D eigenvalue weighted by atomic mass is 35.5. The Kier molecular flexibility index (Phi) is 2.95. The minimum atomic E-state index is -0.0265. The van der Waals surface area contributed by atoms with E-state index in [1.807, 2.05) is 18.2 Å². The maximum atomic E-state index is 5.91. The SMILES string of the molecule is Cl.N[C@@H]1COc2cc(-c3noc(C4CC4)n3)ccc21. The van der Waals surface area contributed by atoms with Crippen LogP contribution in [-0.2, 0) is 0 Å². The highest BCUT2D eigenvalue weighted by Gasteiger charge is 2.30. The van der Waals surface area contributed by atoms with E-state index in [9.17, 15) is 0 Å². The van der Waals surface area contributed by atoms with Crippen LogP contribution in [0.2, 0.25) is 0 Å². The first-order chi connectivity index (χ1) is 8.81. The van der Waals surface area contributed by atoms with Crippen LogP contribution in [0, 0.1) is 0 Å². The number of aromatic nitrogens is 2. The van der Waals surface area contributed by atoms with Crippen molar-refractivity contribution in [1.29, 1.82) is 0 Å². The molecule has 2 heterocycles. The predicted molar refractivity (Wildman–Crippen MR) is 71.4 cm³/mol. The smallest absolute Gasteiger partial charge is 0.230 e. The molecule has 0 radical (unpaired) electrons. The molecular formula is C13H14ClN3O2. The van der Waals surface area contributed by atoms with Crippen LogP contribution >= 0.6 is 12.4 Å². The molecule has 1 aromatic carbocycles. The van der Waals surface area contributed by atoms with E-state index in [-0.39, 0.29) is 18.4 Å². The Labute approximate surface area is 116 Å². The molecule has 19 heavy (non-hydrogen) atoms. The quantitative estimate of drug-likeness (QED) is 0.914.